The molecule has 2 aromatic rings. The number of rotatable bonds is 10. The quantitative estimate of drug-likeness (QED) is 0.384. The summed E-state index contributed by atoms with van der Waals surface area (Å²) < 4.78 is 5.16. The second kappa shape index (κ2) is 10.0. The van der Waals surface area contributed by atoms with Crippen LogP contribution < -0.4 is 4.74 Å². The topological polar surface area (TPSA) is 83.8 Å². The predicted molar refractivity (Wildman–Crippen MR) is 115 cm³/mol. The fraction of sp³-hybridized carbons (Fsp3) is 0.364. The average Bonchev–Trinajstić information content (AvgIpc) is 2.67. The maximum Gasteiger partial charge on any atom is 0.321 e. The van der Waals surface area contributed by atoms with Crippen LogP contribution in [-0.2, 0) is 21.8 Å². The second-order valence-corrected chi connectivity index (χ2v) is 8.81. The van der Waals surface area contributed by atoms with Crippen LogP contribution in [0.2, 0.25) is 5.02 Å². The van der Waals surface area contributed by atoms with Crippen molar-refractivity contribution in [1.82, 2.24) is 0 Å². The van der Waals surface area contributed by atoms with Crippen LogP contribution >= 0.6 is 23.4 Å². The normalized spacial score (nSPS) is 11.5. The third-order valence-corrected chi connectivity index (χ3v) is 6.05. The van der Waals surface area contributed by atoms with Gasteiger partial charge in [0.2, 0.25) is 0 Å². The van der Waals surface area contributed by atoms with Crippen LogP contribution in [0.25, 0.3) is 0 Å². The van der Waals surface area contributed by atoms with Crippen LogP contribution in [0.1, 0.15) is 31.4 Å². The van der Waals surface area contributed by atoms with Crippen molar-refractivity contribution < 1.29 is 24.5 Å². The zero-order valence-electron chi connectivity index (χ0n) is 16.6. The molecule has 0 radical (unpaired) electrons. The van der Waals surface area contributed by atoms with Crippen LogP contribution in [0, 0.1) is 11.3 Å². The number of ether oxygens (including phenoxy) is 1. The molecule has 2 aromatic carbocycles. The Hall–Kier alpha value is -2.18. The number of benzene rings is 2. The SMILES string of the molecule is COc1ccc(CSc2cc(Cl)ccc2CC(CC(C)C)(C(=O)O)C(=O)O)cc1. The first-order valence-electron chi connectivity index (χ1n) is 9.19. The standard InChI is InChI=1S/C22H25ClO5S/c1-14(2)11-22(20(24)25,21(26)27)12-16-6-7-17(23)10-19(16)29-13-15-4-8-18(28-3)9-5-15/h4-10,14H,11-13H2,1-3H3,(H,24,25)(H,26,27). The summed E-state index contributed by atoms with van der Waals surface area (Å²) in [5, 5.41) is 20.1. The summed E-state index contributed by atoms with van der Waals surface area (Å²) in [4.78, 5) is 24.8. The summed E-state index contributed by atoms with van der Waals surface area (Å²) in [5.41, 5.74) is -0.151. The van der Waals surface area contributed by atoms with E-state index in [4.69, 9.17) is 16.3 Å². The third-order valence-electron chi connectivity index (χ3n) is 4.65. The Balaban J connectivity index is 2.32. The Morgan fingerprint density at radius 3 is 2.24 bits per heavy atom. The molecule has 0 heterocycles. The average molecular weight is 437 g/mol. The second-order valence-electron chi connectivity index (χ2n) is 7.36. The molecule has 0 aromatic heterocycles. The van der Waals surface area contributed by atoms with Gasteiger partial charge in [0.1, 0.15) is 5.75 Å². The van der Waals surface area contributed by atoms with Crippen LogP contribution in [0.3, 0.4) is 0 Å². The molecular weight excluding hydrogens is 412 g/mol. The molecule has 29 heavy (non-hydrogen) atoms. The molecule has 0 bridgehead atoms. The number of hydrogen-bond donors (Lipinski definition) is 2. The zero-order chi connectivity index (χ0) is 21.6. The molecule has 0 unspecified atom stereocenters. The minimum atomic E-state index is -1.88. The van der Waals surface area contributed by atoms with Crippen LogP contribution in [0.4, 0.5) is 0 Å². The highest BCUT2D eigenvalue weighted by Crippen LogP contribution is 2.37. The van der Waals surface area contributed by atoms with Gasteiger partial charge < -0.3 is 14.9 Å². The molecule has 7 heteroatoms. The van der Waals surface area contributed by atoms with E-state index in [-0.39, 0.29) is 18.8 Å². The van der Waals surface area contributed by atoms with Gasteiger partial charge in [-0.05, 0) is 47.7 Å². The number of carbonyl (C=O) groups is 2. The summed E-state index contributed by atoms with van der Waals surface area (Å²) >= 11 is 7.66. The van der Waals surface area contributed by atoms with Crippen molar-refractivity contribution in [2.24, 2.45) is 11.3 Å². The van der Waals surface area contributed by atoms with Crippen LogP contribution in [-0.4, -0.2) is 29.3 Å². The number of hydrogen-bond acceptors (Lipinski definition) is 4. The molecule has 0 saturated heterocycles. The van der Waals surface area contributed by atoms with Gasteiger partial charge in [0.15, 0.2) is 5.41 Å². The Labute approximate surface area is 180 Å². The molecule has 0 amide bonds. The third kappa shape index (κ3) is 5.90. The molecule has 0 aliphatic heterocycles. The molecule has 2 rings (SSSR count). The monoisotopic (exact) mass is 436 g/mol. The van der Waals surface area contributed by atoms with Crippen molar-refractivity contribution in [3.63, 3.8) is 0 Å². The molecule has 5 nitrogen and oxygen atoms in total. The van der Waals surface area contributed by atoms with Crippen molar-refractivity contribution in [1.29, 1.82) is 0 Å². The fourth-order valence-electron chi connectivity index (χ4n) is 3.20. The van der Waals surface area contributed by atoms with E-state index < -0.39 is 17.4 Å². The minimum absolute atomic E-state index is 0.0445. The number of methoxy groups -OCH3 is 1. The maximum absolute atomic E-state index is 12.0. The first kappa shape index (κ1) is 23.1. The molecule has 0 aliphatic carbocycles. The van der Waals surface area contributed by atoms with Gasteiger partial charge >= 0.3 is 11.9 Å². The lowest BCUT2D eigenvalue weighted by molar-refractivity contribution is -0.166. The largest absolute Gasteiger partial charge is 0.497 e. The van der Waals surface area contributed by atoms with Crippen molar-refractivity contribution >= 4 is 35.3 Å². The summed E-state index contributed by atoms with van der Waals surface area (Å²) in [6.45, 7) is 3.64. The molecule has 0 atom stereocenters. The number of carboxylic acids is 2. The van der Waals surface area contributed by atoms with Crippen molar-refractivity contribution in [3.8, 4) is 5.75 Å². The van der Waals surface area contributed by atoms with E-state index in [9.17, 15) is 19.8 Å². The van der Waals surface area contributed by atoms with Crippen LogP contribution in [0.15, 0.2) is 47.4 Å². The summed E-state index contributed by atoms with van der Waals surface area (Å²) in [6, 6.07) is 12.8. The molecule has 0 spiro atoms. The summed E-state index contributed by atoms with van der Waals surface area (Å²) in [7, 11) is 1.61. The van der Waals surface area contributed by atoms with E-state index in [1.807, 2.05) is 38.1 Å². The van der Waals surface area contributed by atoms with Crippen LogP contribution in [0.5, 0.6) is 5.75 Å². The van der Waals surface area contributed by atoms with Crippen molar-refractivity contribution in [2.75, 3.05) is 7.11 Å². The van der Waals surface area contributed by atoms with Gasteiger partial charge in [-0.15, -0.1) is 11.8 Å². The molecule has 0 aliphatic rings. The van der Waals surface area contributed by atoms with E-state index in [2.05, 4.69) is 0 Å². The van der Waals surface area contributed by atoms with Gasteiger partial charge in [-0.3, -0.25) is 9.59 Å². The van der Waals surface area contributed by atoms with E-state index in [0.29, 0.717) is 16.3 Å². The first-order chi connectivity index (χ1) is 13.7. The van der Waals surface area contributed by atoms with Gasteiger partial charge in [-0.2, -0.15) is 0 Å². The van der Waals surface area contributed by atoms with E-state index in [0.717, 1.165) is 16.2 Å². The highest BCUT2D eigenvalue weighted by molar-refractivity contribution is 7.98. The zero-order valence-corrected chi connectivity index (χ0v) is 18.2. The van der Waals surface area contributed by atoms with Crippen molar-refractivity contribution in [3.05, 3.63) is 58.6 Å². The molecule has 156 valence electrons. The molecule has 0 saturated carbocycles. The highest BCUT2D eigenvalue weighted by Gasteiger charge is 2.47. The summed E-state index contributed by atoms with van der Waals surface area (Å²) in [6.07, 6.45) is -0.0547. The Morgan fingerprint density at radius 1 is 1.10 bits per heavy atom. The predicted octanol–water partition coefficient (Wildman–Crippen LogP) is 5.39. The van der Waals surface area contributed by atoms with E-state index in [1.165, 1.54) is 11.8 Å². The first-order valence-corrected chi connectivity index (χ1v) is 10.5. The number of carboxylic acid groups (broad SMARTS) is 2. The molecule has 0 fully saturated rings. The van der Waals surface area contributed by atoms with E-state index >= 15 is 0 Å². The fourth-order valence-corrected chi connectivity index (χ4v) is 4.49. The van der Waals surface area contributed by atoms with Gasteiger partial charge in [-0.25, -0.2) is 0 Å². The number of aliphatic carboxylic acids is 2. The smallest absolute Gasteiger partial charge is 0.321 e. The molecular formula is C22H25ClO5S. The Bertz CT molecular complexity index is 850. The van der Waals surface area contributed by atoms with Gasteiger partial charge in [0, 0.05) is 22.1 Å². The lowest BCUT2D eigenvalue weighted by atomic mass is 9.75. The maximum atomic E-state index is 12.0. The number of thioether (sulfide) groups is 1. The number of halogens is 1. The van der Waals surface area contributed by atoms with Gasteiger partial charge in [0.05, 0.1) is 7.11 Å². The van der Waals surface area contributed by atoms with E-state index in [1.54, 1.807) is 25.3 Å². The lowest BCUT2D eigenvalue weighted by Gasteiger charge is -2.27. The van der Waals surface area contributed by atoms with Crippen molar-refractivity contribution in [2.45, 2.75) is 37.3 Å². The minimum Gasteiger partial charge on any atom is -0.497 e. The molecule has 2 N–H and O–H groups in total. The van der Waals surface area contributed by atoms with Gasteiger partial charge in [-0.1, -0.05) is 43.6 Å². The Kier molecular flexibility index (Phi) is 7.99. The highest BCUT2D eigenvalue weighted by atomic mass is 35.5. The summed E-state index contributed by atoms with van der Waals surface area (Å²) in [5.74, 6) is -1.32. The lowest BCUT2D eigenvalue weighted by Crippen LogP contribution is -2.42. The Morgan fingerprint density at radius 2 is 1.72 bits per heavy atom. The van der Waals surface area contributed by atoms with Gasteiger partial charge in [0.25, 0.3) is 0 Å².